The average Bonchev–Trinajstić information content (AvgIpc) is 2.54. The lowest BCUT2D eigenvalue weighted by Gasteiger charge is -2.40. The summed E-state index contributed by atoms with van der Waals surface area (Å²) in [6.07, 6.45) is 0. The van der Waals surface area contributed by atoms with Crippen LogP contribution in [0.5, 0.6) is 0 Å². The quantitative estimate of drug-likeness (QED) is 0.446. The van der Waals surface area contributed by atoms with Gasteiger partial charge in [0.15, 0.2) is 0 Å². The maximum absolute atomic E-state index is 12.1. The Bertz CT molecular complexity index is 857. The molecule has 0 aromatic heterocycles. The van der Waals surface area contributed by atoms with Gasteiger partial charge in [-0.3, -0.25) is 14.3 Å². The summed E-state index contributed by atoms with van der Waals surface area (Å²) >= 11 is 0. The number of nitrogens with zero attached hydrogens (tertiary/aromatic N) is 2. The molecule has 3 rings (SSSR count). The van der Waals surface area contributed by atoms with Gasteiger partial charge < -0.3 is 4.90 Å². The van der Waals surface area contributed by atoms with E-state index in [2.05, 4.69) is 0 Å². The Morgan fingerprint density at radius 3 is 2.28 bits per heavy atom. The second kappa shape index (κ2) is 6.81. The summed E-state index contributed by atoms with van der Waals surface area (Å²) in [5.74, 6) is 0.107. The highest BCUT2D eigenvalue weighted by atomic mass is 32.2. The second-order valence-electron chi connectivity index (χ2n) is 6.10. The minimum atomic E-state index is -3.74. The molecule has 0 saturated carbocycles. The van der Waals surface area contributed by atoms with Crippen LogP contribution in [-0.4, -0.2) is 33.0 Å². The van der Waals surface area contributed by atoms with Gasteiger partial charge in [-0.25, -0.2) is 0 Å². The molecule has 0 spiro atoms. The molecular weight excluding hydrogens is 344 g/mol. The third-order valence-corrected chi connectivity index (χ3v) is 5.45. The zero-order valence-electron chi connectivity index (χ0n) is 13.7. The zero-order chi connectivity index (χ0) is 18.0. The zero-order valence-corrected chi connectivity index (χ0v) is 14.5. The maximum atomic E-state index is 12.1. The molecule has 0 atom stereocenters. The van der Waals surface area contributed by atoms with Crippen LogP contribution in [0, 0.1) is 23.0 Å². The number of hydrogen-bond donors (Lipinski definition) is 0. The highest BCUT2D eigenvalue weighted by molar-refractivity contribution is 7.86. The number of benzene rings is 2. The fraction of sp³-hybridized carbons (Fsp3) is 0.294. The first-order chi connectivity index (χ1) is 11.8. The van der Waals surface area contributed by atoms with Crippen molar-refractivity contribution in [1.82, 2.24) is 0 Å². The van der Waals surface area contributed by atoms with E-state index in [1.807, 2.05) is 11.8 Å². The van der Waals surface area contributed by atoms with Crippen LogP contribution < -0.4 is 4.90 Å². The van der Waals surface area contributed by atoms with E-state index >= 15 is 0 Å². The summed E-state index contributed by atoms with van der Waals surface area (Å²) in [5.41, 5.74) is 1.91. The smallest absolute Gasteiger partial charge is 0.296 e. The summed E-state index contributed by atoms with van der Waals surface area (Å²) in [7, 11) is -3.74. The topological polar surface area (TPSA) is 89.8 Å². The van der Waals surface area contributed by atoms with Gasteiger partial charge >= 0.3 is 0 Å². The fourth-order valence-corrected chi connectivity index (χ4v) is 3.61. The first-order valence-corrected chi connectivity index (χ1v) is 9.21. The Hall–Kier alpha value is -2.45. The van der Waals surface area contributed by atoms with E-state index in [-0.39, 0.29) is 23.1 Å². The predicted octanol–water partition coefficient (Wildman–Crippen LogP) is 2.74. The Labute approximate surface area is 146 Å². The van der Waals surface area contributed by atoms with E-state index in [1.54, 1.807) is 24.3 Å². The van der Waals surface area contributed by atoms with Crippen LogP contribution >= 0.6 is 0 Å². The predicted molar refractivity (Wildman–Crippen MR) is 93.1 cm³/mol. The monoisotopic (exact) mass is 362 g/mol. The highest BCUT2D eigenvalue weighted by Crippen LogP contribution is 2.27. The van der Waals surface area contributed by atoms with Gasteiger partial charge in [-0.2, -0.15) is 8.42 Å². The number of rotatable bonds is 6. The van der Waals surface area contributed by atoms with Crippen LogP contribution in [0.2, 0.25) is 0 Å². The van der Waals surface area contributed by atoms with Crippen molar-refractivity contribution in [2.45, 2.75) is 11.8 Å². The standard InChI is InChI=1S/C17H18N2O5S/c1-13-2-8-17(9-3-13)25(22,23)24-12-14-10-18(11-14)15-4-6-16(7-5-15)19(20)21/h2-9,14H,10-12H2,1H3. The van der Waals surface area contributed by atoms with Gasteiger partial charge in [0.25, 0.3) is 15.8 Å². The molecule has 0 aliphatic carbocycles. The van der Waals surface area contributed by atoms with Crippen LogP contribution in [0.25, 0.3) is 0 Å². The van der Waals surface area contributed by atoms with Crippen molar-refractivity contribution in [2.75, 3.05) is 24.6 Å². The lowest BCUT2D eigenvalue weighted by molar-refractivity contribution is -0.384. The van der Waals surface area contributed by atoms with E-state index in [1.165, 1.54) is 24.3 Å². The molecule has 0 N–H and O–H groups in total. The molecule has 1 fully saturated rings. The molecule has 7 nitrogen and oxygen atoms in total. The number of non-ortho nitro benzene ring substituents is 1. The molecule has 0 amide bonds. The van der Waals surface area contributed by atoms with Gasteiger partial charge in [0, 0.05) is 36.8 Å². The first kappa shape index (κ1) is 17.4. The minimum Gasteiger partial charge on any atom is -0.371 e. The third-order valence-electron chi connectivity index (χ3n) is 4.15. The molecule has 2 aromatic carbocycles. The number of hydrogen-bond acceptors (Lipinski definition) is 6. The molecule has 0 radical (unpaired) electrons. The van der Waals surface area contributed by atoms with E-state index in [0.29, 0.717) is 13.1 Å². The average molecular weight is 362 g/mol. The molecule has 0 unspecified atom stereocenters. The van der Waals surface area contributed by atoms with Gasteiger partial charge in [0.1, 0.15) is 0 Å². The SMILES string of the molecule is Cc1ccc(S(=O)(=O)OCC2CN(c3ccc([N+](=O)[O-])cc3)C2)cc1. The summed E-state index contributed by atoms with van der Waals surface area (Å²) in [4.78, 5) is 12.4. The number of nitro groups is 1. The summed E-state index contributed by atoms with van der Waals surface area (Å²) in [5, 5.41) is 10.7. The summed E-state index contributed by atoms with van der Waals surface area (Å²) in [6, 6.07) is 12.8. The molecule has 1 aliphatic heterocycles. The molecule has 1 saturated heterocycles. The minimum absolute atomic E-state index is 0.0494. The second-order valence-corrected chi connectivity index (χ2v) is 7.71. The Morgan fingerprint density at radius 2 is 1.72 bits per heavy atom. The molecule has 1 aliphatic rings. The van der Waals surface area contributed by atoms with Gasteiger partial charge in [-0.05, 0) is 31.2 Å². The van der Waals surface area contributed by atoms with Crippen LogP contribution in [-0.2, 0) is 14.3 Å². The number of aryl methyl sites for hydroxylation is 1. The van der Waals surface area contributed by atoms with Crippen LogP contribution in [0.15, 0.2) is 53.4 Å². The molecular formula is C17H18N2O5S. The maximum Gasteiger partial charge on any atom is 0.296 e. The summed E-state index contributed by atoms with van der Waals surface area (Å²) < 4.78 is 29.4. The molecule has 132 valence electrons. The van der Waals surface area contributed by atoms with Crippen molar-refractivity contribution in [3.05, 3.63) is 64.2 Å². The van der Waals surface area contributed by atoms with E-state index < -0.39 is 15.0 Å². The van der Waals surface area contributed by atoms with Crippen LogP contribution in [0.4, 0.5) is 11.4 Å². The van der Waals surface area contributed by atoms with E-state index in [0.717, 1.165) is 11.3 Å². The normalized spacial score (nSPS) is 15.0. The summed E-state index contributed by atoms with van der Waals surface area (Å²) in [6.45, 7) is 3.32. The van der Waals surface area contributed by atoms with Crippen LogP contribution in [0.3, 0.4) is 0 Å². The molecule has 25 heavy (non-hydrogen) atoms. The van der Waals surface area contributed by atoms with Gasteiger partial charge in [-0.15, -0.1) is 0 Å². The molecule has 0 bridgehead atoms. The van der Waals surface area contributed by atoms with Crippen molar-refractivity contribution >= 4 is 21.5 Å². The first-order valence-electron chi connectivity index (χ1n) is 7.81. The van der Waals surface area contributed by atoms with Crippen molar-refractivity contribution < 1.29 is 17.5 Å². The highest BCUT2D eigenvalue weighted by Gasteiger charge is 2.29. The van der Waals surface area contributed by atoms with Crippen molar-refractivity contribution in [3.8, 4) is 0 Å². The Morgan fingerprint density at radius 1 is 1.12 bits per heavy atom. The van der Waals surface area contributed by atoms with Crippen LogP contribution in [0.1, 0.15) is 5.56 Å². The third kappa shape index (κ3) is 3.97. The molecule has 8 heteroatoms. The number of anilines is 1. The van der Waals surface area contributed by atoms with E-state index in [9.17, 15) is 18.5 Å². The number of nitro benzene ring substituents is 1. The lowest BCUT2D eigenvalue weighted by atomic mass is 10.0. The molecule has 1 heterocycles. The van der Waals surface area contributed by atoms with Gasteiger partial charge in [-0.1, -0.05) is 17.7 Å². The van der Waals surface area contributed by atoms with Crippen molar-refractivity contribution in [3.63, 3.8) is 0 Å². The Balaban J connectivity index is 1.52. The van der Waals surface area contributed by atoms with Gasteiger partial charge in [0.05, 0.1) is 16.4 Å². The molecule has 2 aromatic rings. The lowest BCUT2D eigenvalue weighted by Crippen LogP contribution is -2.49. The Kier molecular flexibility index (Phi) is 4.73. The fourth-order valence-electron chi connectivity index (χ4n) is 2.63. The van der Waals surface area contributed by atoms with Gasteiger partial charge in [0.2, 0.25) is 0 Å². The van der Waals surface area contributed by atoms with Crippen molar-refractivity contribution in [1.29, 1.82) is 0 Å². The van der Waals surface area contributed by atoms with E-state index in [4.69, 9.17) is 4.18 Å². The van der Waals surface area contributed by atoms with Crippen molar-refractivity contribution in [2.24, 2.45) is 5.92 Å². The largest absolute Gasteiger partial charge is 0.371 e.